The van der Waals surface area contributed by atoms with E-state index in [-0.39, 0.29) is 22.4 Å². The third-order valence-corrected chi connectivity index (χ3v) is 4.46. The number of hydrogen-bond acceptors (Lipinski definition) is 7. The Morgan fingerprint density at radius 1 is 1.10 bits per heavy atom. The number of nitro groups is 1. The Morgan fingerprint density at radius 3 is 2.33 bits per heavy atom. The highest BCUT2D eigenvalue weighted by Gasteiger charge is 2.20. The molecular formula is C22H26N2O6. The maximum atomic E-state index is 12.5. The second-order valence-electron chi connectivity index (χ2n) is 7.73. The summed E-state index contributed by atoms with van der Waals surface area (Å²) in [6.45, 7) is 6.53. The highest BCUT2D eigenvalue weighted by Crippen LogP contribution is 2.24. The average Bonchev–Trinajstić information content (AvgIpc) is 2.71. The van der Waals surface area contributed by atoms with E-state index in [2.05, 4.69) is 26.1 Å². The van der Waals surface area contributed by atoms with Crippen LogP contribution in [-0.4, -0.2) is 43.5 Å². The van der Waals surface area contributed by atoms with Gasteiger partial charge >= 0.3 is 5.97 Å². The molecule has 0 saturated carbocycles. The minimum Gasteiger partial charge on any atom is -0.454 e. The Morgan fingerprint density at radius 2 is 1.77 bits per heavy atom. The van der Waals surface area contributed by atoms with Crippen molar-refractivity contribution in [3.05, 3.63) is 69.3 Å². The fourth-order valence-corrected chi connectivity index (χ4v) is 2.70. The summed E-state index contributed by atoms with van der Waals surface area (Å²) in [6, 6.07) is 11.0. The zero-order valence-electron chi connectivity index (χ0n) is 17.6. The van der Waals surface area contributed by atoms with Crippen molar-refractivity contribution < 1.29 is 24.0 Å². The normalized spacial score (nSPS) is 11.1. The SMILES string of the molecule is COCCNc1ccc([N+](=O)[O-])cc1C(=O)OCC(=O)c1ccc(C(C)(C)C)cc1. The molecule has 0 saturated heterocycles. The zero-order valence-corrected chi connectivity index (χ0v) is 17.6. The topological polar surface area (TPSA) is 108 Å². The van der Waals surface area contributed by atoms with Crippen LogP contribution in [0.2, 0.25) is 0 Å². The summed E-state index contributed by atoms with van der Waals surface area (Å²) in [7, 11) is 1.53. The van der Waals surface area contributed by atoms with Crippen molar-refractivity contribution in [1.29, 1.82) is 0 Å². The van der Waals surface area contributed by atoms with Gasteiger partial charge in [-0.05, 0) is 17.0 Å². The number of nitrogens with one attached hydrogen (secondary N) is 1. The van der Waals surface area contributed by atoms with Crippen LogP contribution in [0.5, 0.6) is 0 Å². The Bertz CT molecular complexity index is 916. The van der Waals surface area contributed by atoms with Crippen molar-refractivity contribution in [2.24, 2.45) is 0 Å². The number of esters is 1. The van der Waals surface area contributed by atoms with Gasteiger partial charge in [-0.25, -0.2) is 4.79 Å². The molecule has 0 unspecified atom stereocenters. The molecule has 30 heavy (non-hydrogen) atoms. The van der Waals surface area contributed by atoms with E-state index < -0.39 is 17.5 Å². The number of hydrogen-bond donors (Lipinski definition) is 1. The van der Waals surface area contributed by atoms with Gasteiger partial charge in [0.15, 0.2) is 12.4 Å². The molecule has 0 heterocycles. The second kappa shape index (κ2) is 9.98. The van der Waals surface area contributed by atoms with Crippen LogP contribution in [0.15, 0.2) is 42.5 Å². The van der Waals surface area contributed by atoms with Crippen LogP contribution in [0.1, 0.15) is 47.1 Å². The van der Waals surface area contributed by atoms with E-state index >= 15 is 0 Å². The molecule has 2 rings (SSSR count). The van der Waals surface area contributed by atoms with Crippen LogP contribution in [0.3, 0.4) is 0 Å². The lowest BCUT2D eigenvalue weighted by molar-refractivity contribution is -0.384. The van der Waals surface area contributed by atoms with Gasteiger partial charge in [0.25, 0.3) is 5.69 Å². The first-order chi connectivity index (χ1) is 14.1. The lowest BCUT2D eigenvalue weighted by atomic mass is 9.86. The quantitative estimate of drug-likeness (QED) is 0.217. The molecule has 0 spiro atoms. The molecule has 0 radical (unpaired) electrons. The maximum Gasteiger partial charge on any atom is 0.340 e. The lowest BCUT2D eigenvalue weighted by Crippen LogP contribution is -2.17. The first kappa shape index (κ1) is 23.0. The first-order valence-corrected chi connectivity index (χ1v) is 9.45. The Balaban J connectivity index is 2.11. The van der Waals surface area contributed by atoms with Gasteiger partial charge in [-0.1, -0.05) is 45.0 Å². The summed E-state index contributed by atoms with van der Waals surface area (Å²) < 4.78 is 10.1. The highest BCUT2D eigenvalue weighted by molar-refractivity contribution is 6.01. The van der Waals surface area contributed by atoms with E-state index in [9.17, 15) is 19.7 Å². The second-order valence-corrected chi connectivity index (χ2v) is 7.73. The van der Waals surface area contributed by atoms with Gasteiger partial charge in [-0.2, -0.15) is 0 Å². The molecule has 1 N–H and O–H groups in total. The number of methoxy groups -OCH3 is 1. The summed E-state index contributed by atoms with van der Waals surface area (Å²) >= 11 is 0. The van der Waals surface area contributed by atoms with Crippen LogP contribution in [0.4, 0.5) is 11.4 Å². The van der Waals surface area contributed by atoms with E-state index in [0.29, 0.717) is 24.4 Å². The number of rotatable bonds is 9. The van der Waals surface area contributed by atoms with E-state index in [1.165, 1.54) is 19.2 Å². The van der Waals surface area contributed by atoms with Crippen LogP contribution in [-0.2, 0) is 14.9 Å². The maximum absolute atomic E-state index is 12.5. The number of nitro benzene ring substituents is 1. The molecule has 0 fully saturated rings. The number of carbonyl (C=O) groups excluding carboxylic acids is 2. The van der Waals surface area contributed by atoms with Crippen molar-refractivity contribution in [2.45, 2.75) is 26.2 Å². The number of anilines is 1. The number of benzene rings is 2. The highest BCUT2D eigenvalue weighted by atomic mass is 16.6. The number of ketones is 1. The fraction of sp³-hybridized carbons (Fsp3) is 0.364. The lowest BCUT2D eigenvalue weighted by Gasteiger charge is -2.19. The zero-order chi connectivity index (χ0) is 22.3. The number of nitrogens with zero attached hydrogens (tertiary/aromatic N) is 1. The molecule has 160 valence electrons. The first-order valence-electron chi connectivity index (χ1n) is 9.45. The summed E-state index contributed by atoms with van der Waals surface area (Å²) in [4.78, 5) is 35.4. The van der Waals surface area contributed by atoms with Gasteiger partial charge in [0.05, 0.1) is 17.1 Å². The third kappa shape index (κ3) is 6.12. The monoisotopic (exact) mass is 414 g/mol. The average molecular weight is 414 g/mol. The predicted octanol–water partition coefficient (Wildman–Crippen LogP) is 3.99. The molecule has 0 amide bonds. The Labute approximate surface area is 175 Å². The van der Waals surface area contributed by atoms with Crippen molar-refractivity contribution in [1.82, 2.24) is 0 Å². The summed E-state index contributed by atoms with van der Waals surface area (Å²) in [6.07, 6.45) is 0. The minimum atomic E-state index is -0.821. The molecule has 0 aliphatic heterocycles. The molecule has 2 aromatic carbocycles. The van der Waals surface area contributed by atoms with Crippen LogP contribution in [0.25, 0.3) is 0 Å². The molecule has 0 aliphatic rings. The van der Waals surface area contributed by atoms with Crippen molar-refractivity contribution in [2.75, 3.05) is 32.2 Å². The standard InChI is InChI=1S/C22H26N2O6/c1-22(2,3)16-7-5-15(6-8-16)20(25)14-30-21(26)18-13-17(24(27)28)9-10-19(18)23-11-12-29-4/h5-10,13,23H,11-12,14H2,1-4H3. The summed E-state index contributed by atoms with van der Waals surface area (Å²) in [5, 5.41) is 14.0. The van der Waals surface area contributed by atoms with Crippen LogP contribution < -0.4 is 5.32 Å². The number of Topliss-reactive ketones (excluding diaryl/α,β-unsaturated/α-hetero) is 1. The number of carbonyl (C=O) groups is 2. The minimum absolute atomic E-state index is 0.0174. The Kier molecular flexibility index (Phi) is 7.66. The molecule has 0 aromatic heterocycles. The largest absolute Gasteiger partial charge is 0.454 e. The van der Waals surface area contributed by atoms with Crippen LogP contribution >= 0.6 is 0 Å². The molecule has 0 atom stereocenters. The summed E-state index contributed by atoms with van der Waals surface area (Å²) in [5.41, 5.74) is 1.57. The molecule has 2 aromatic rings. The van der Waals surface area contributed by atoms with Gasteiger partial charge in [0.2, 0.25) is 0 Å². The van der Waals surface area contributed by atoms with Gasteiger partial charge in [-0.3, -0.25) is 14.9 Å². The fourth-order valence-electron chi connectivity index (χ4n) is 2.70. The third-order valence-electron chi connectivity index (χ3n) is 4.46. The van der Waals surface area contributed by atoms with E-state index in [1.54, 1.807) is 12.1 Å². The Hall–Kier alpha value is -3.26. The van der Waals surface area contributed by atoms with E-state index in [0.717, 1.165) is 11.6 Å². The predicted molar refractivity (Wildman–Crippen MR) is 113 cm³/mol. The van der Waals surface area contributed by atoms with Crippen molar-refractivity contribution in [3.63, 3.8) is 0 Å². The molecule has 0 bridgehead atoms. The number of ether oxygens (including phenoxy) is 2. The van der Waals surface area contributed by atoms with Gasteiger partial charge in [0, 0.05) is 37.0 Å². The molecular weight excluding hydrogens is 388 g/mol. The molecule has 8 heteroatoms. The molecule has 8 nitrogen and oxygen atoms in total. The number of non-ortho nitro benzene ring substituents is 1. The van der Waals surface area contributed by atoms with Crippen molar-refractivity contribution in [3.8, 4) is 0 Å². The van der Waals surface area contributed by atoms with E-state index in [4.69, 9.17) is 9.47 Å². The smallest absolute Gasteiger partial charge is 0.340 e. The van der Waals surface area contributed by atoms with Gasteiger partial charge in [0.1, 0.15) is 0 Å². The summed E-state index contributed by atoms with van der Waals surface area (Å²) in [5.74, 6) is -1.18. The van der Waals surface area contributed by atoms with Gasteiger partial charge in [-0.15, -0.1) is 0 Å². The van der Waals surface area contributed by atoms with Crippen molar-refractivity contribution >= 4 is 23.1 Å². The van der Waals surface area contributed by atoms with Gasteiger partial charge < -0.3 is 14.8 Å². The van der Waals surface area contributed by atoms with Crippen LogP contribution in [0, 0.1) is 10.1 Å². The molecule has 0 aliphatic carbocycles. The van der Waals surface area contributed by atoms with E-state index in [1.807, 2.05) is 12.1 Å².